The third kappa shape index (κ3) is 5.73. The van der Waals surface area contributed by atoms with Crippen LogP contribution in [0.5, 0.6) is 5.75 Å². The molecule has 8 nitrogen and oxygen atoms in total. The summed E-state index contributed by atoms with van der Waals surface area (Å²) >= 11 is 0. The molecule has 2 aromatic carbocycles. The number of carbonyl (C=O) groups is 1. The summed E-state index contributed by atoms with van der Waals surface area (Å²) in [7, 11) is -3.70. The molecule has 2 fully saturated rings. The van der Waals surface area contributed by atoms with E-state index in [1.54, 1.807) is 25.1 Å². The van der Waals surface area contributed by atoms with Crippen molar-refractivity contribution in [2.24, 2.45) is 0 Å². The Balaban J connectivity index is 1.50. The van der Waals surface area contributed by atoms with Gasteiger partial charge in [0.1, 0.15) is 12.4 Å². The predicted octanol–water partition coefficient (Wildman–Crippen LogP) is 3.22. The molecule has 0 bridgehead atoms. The van der Waals surface area contributed by atoms with Crippen molar-refractivity contribution in [1.29, 1.82) is 0 Å². The van der Waals surface area contributed by atoms with Gasteiger partial charge < -0.3 is 19.5 Å². The van der Waals surface area contributed by atoms with E-state index >= 15 is 0 Å². The van der Waals surface area contributed by atoms with Crippen LogP contribution >= 0.6 is 0 Å². The number of benzene rings is 2. The molecule has 9 heteroatoms. The van der Waals surface area contributed by atoms with Crippen molar-refractivity contribution in [3.05, 3.63) is 53.6 Å². The summed E-state index contributed by atoms with van der Waals surface area (Å²) in [5.74, 6) is 0.159. The van der Waals surface area contributed by atoms with Gasteiger partial charge in [-0.05, 0) is 56.0 Å². The van der Waals surface area contributed by atoms with Crippen LogP contribution in [0.4, 0.5) is 5.69 Å². The van der Waals surface area contributed by atoms with Crippen molar-refractivity contribution in [1.82, 2.24) is 4.31 Å². The van der Waals surface area contributed by atoms with Crippen LogP contribution in [0.25, 0.3) is 0 Å². The molecule has 1 unspecified atom stereocenters. The third-order valence-corrected chi connectivity index (χ3v) is 7.79. The van der Waals surface area contributed by atoms with E-state index in [-0.39, 0.29) is 11.0 Å². The second kappa shape index (κ2) is 10.6. The van der Waals surface area contributed by atoms with E-state index in [1.807, 2.05) is 12.1 Å². The van der Waals surface area contributed by atoms with E-state index in [9.17, 15) is 13.2 Å². The Morgan fingerprint density at radius 2 is 1.91 bits per heavy atom. The first-order valence-corrected chi connectivity index (χ1v) is 12.7. The summed E-state index contributed by atoms with van der Waals surface area (Å²) in [6.07, 6.45) is 3.20. The van der Waals surface area contributed by atoms with E-state index < -0.39 is 15.9 Å². The van der Waals surface area contributed by atoms with Crippen LogP contribution in [-0.2, 0) is 19.5 Å². The average Bonchev–Trinajstić information content (AvgIpc) is 2.85. The molecule has 178 valence electrons. The highest BCUT2D eigenvalue weighted by atomic mass is 32.2. The van der Waals surface area contributed by atoms with Gasteiger partial charge in [-0.15, -0.1) is 0 Å². The second-order valence-electron chi connectivity index (χ2n) is 8.24. The van der Waals surface area contributed by atoms with Gasteiger partial charge in [0.25, 0.3) is 5.91 Å². The van der Waals surface area contributed by atoms with Crippen LogP contribution in [0.2, 0.25) is 0 Å². The van der Waals surface area contributed by atoms with Crippen molar-refractivity contribution < 1.29 is 27.4 Å². The van der Waals surface area contributed by atoms with Gasteiger partial charge in [0.15, 0.2) is 0 Å². The number of nitrogens with one attached hydrogen (secondary N) is 1. The zero-order valence-corrected chi connectivity index (χ0v) is 19.6. The molecule has 1 N–H and O–H groups in total. The average molecular weight is 475 g/mol. The Morgan fingerprint density at radius 3 is 2.67 bits per heavy atom. The summed E-state index contributed by atoms with van der Waals surface area (Å²) in [5, 5.41) is 2.88. The zero-order chi connectivity index (χ0) is 23.3. The first-order chi connectivity index (χ1) is 15.9. The highest BCUT2D eigenvalue weighted by Gasteiger charge is 2.27. The summed E-state index contributed by atoms with van der Waals surface area (Å²) < 4.78 is 44.4. The standard InChI is InChI=1S/C24H30N2O6S/c1-18-9-10-20(33(28,29)26-11-14-30-15-12-26)16-21(18)24(27)25-22-7-2-3-8-23(22)32-17-19-6-4-5-13-31-19/h2-3,7-10,16,19H,4-6,11-15,17H2,1H3,(H,25,27). The fourth-order valence-corrected chi connectivity index (χ4v) is 5.38. The fourth-order valence-electron chi connectivity index (χ4n) is 3.95. The number of aryl methyl sites for hydroxylation is 1. The lowest BCUT2D eigenvalue weighted by atomic mass is 10.1. The minimum atomic E-state index is -3.70. The maximum Gasteiger partial charge on any atom is 0.256 e. The minimum Gasteiger partial charge on any atom is -0.489 e. The van der Waals surface area contributed by atoms with Gasteiger partial charge in [0.05, 0.1) is 29.9 Å². The molecule has 1 atom stereocenters. The van der Waals surface area contributed by atoms with E-state index in [1.165, 1.54) is 16.4 Å². The lowest BCUT2D eigenvalue weighted by Crippen LogP contribution is -2.40. The molecule has 0 aromatic heterocycles. The summed E-state index contributed by atoms with van der Waals surface area (Å²) in [5.41, 5.74) is 1.51. The number of morpholine rings is 1. The predicted molar refractivity (Wildman–Crippen MR) is 124 cm³/mol. The molecule has 4 rings (SSSR count). The number of rotatable bonds is 7. The van der Waals surface area contributed by atoms with Crippen molar-refractivity contribution >= 4 is 21.6 Å². The van der Waals surface area contributed by atoms with Crippen molar-refractivity contribution in [2.75, 3.05) is 44.8 Å². The Labute approximate surface area is 194 Å². The van der Waals surface area contributed by atoms with Crippen LogP contribution in [0.1, 0.15) is 35.2 Å². The van der Waals surface area contributed by atoms with E-state index in [4.69, 9.17) is 14.2 Å². The third-order valence-electron chi connectivity index (χ3n) is 5.90. The Hall–Kier alpha value is -2.46. The SMILES string of the molecule is Cc1ccc(S(=O)(=O)N2CCOCC2)cc1C(=O)Nc1ccccc1OCC1CCCCO1. The minimum absolute atomic E-state index is 0.0480. The first kappa shape index (κ1) is 23.7. The lowest BCUT2D eigenvalue weighted by Gasteiger charge is -2.26. The molecule has 0 spiro atoms. The molecule has 0 saturated carbocycles. The quantitative estimate of drug-likeness (QED) is 0.662. The fraction of sp³-hybridized carbons (Fsp3) is 0.458. The molecule has 2 aliphatic rings. The van der Waals surface area contributed by atoms with Gasteiger partial charge in [-0.2, -0.15) is 4.31 Å². The molecular weight excluding hydrogens is 444 g/mol. The number of amides is 1. The van der Waals surface area contributed by atoms with Gasteiger partial charge in [-0.3, -0.25) is 4.79 Å². The lowest BCUT2D eigenvalue weighted by molar-refractivity contribution is -0.0109. The van der Waals surface area contributed by atoms with Crippen LogP contribution in [0.15, 0.2) is 47.4 Å². The van der Waals surface area contributed by atoms with Crippen LogP contribution in [0, 0.1) is 6.92 Å². The number of nitrogens with zero attached hydrogens (tertiary/aromatic N) is 1. The molecule has 2 heterocycles. The van der Waals surface area contributed by atoms with Crippen LogP contribution in [0.3, 0.4) is 0 Å². The van der Waals surface area contributed by atoms with Gasteiger partial charge >= 0.3 is 0 Å². The maximum atomic E-state index is 13.1. The molecule has 2 saturated heterocycles. The van der Waals surface area contributed by atoms with E-state index in [0.717, 1.165) is 25.9 Å². The molecule has 2 aromatic rings. The monoisotopic (exact) mass is 474 g/mol. The maximum absolute atomic E-state index is 13.1. The summed E-state index contributed by atoms with van der Waals surface area (Å²) in [4.78, 5) is 13.2. The largest absolute Gasteiger partial charge is 0.489 e. The first-order valence-electron chi connectivity index (χ1n) is 11.3. The highest BCUT2D eigenvalue weighted by molar-refractivity contribution is 7.89. The highest BCUT2D eigenvalue weighted by Crippen LogP contribution is 2.27. The molecule has 33 heavy (non-hydrogen) atoms. The Bertz CT molecular complexity index is 1080. The van der Waals surface area contributed by atoms with Gasteiger partial charge in [0, 0.05) is 25.3 Å². The summed E-state index contributed by atoms with van der Waals surface area (Å²) in [6, 6.07) is 11.8. The number of para-hydroxylation sites is 2. The van der Waals surface area contributed by atoms with Gasteiger partial charge in [-0.25, -0.2) is 8.42 Å². The van der Waals surface area contributed by atoms with Crippen molar-refractivity contribution in [2.45, 2.75) is 37.2 Å². The number of hydrogen-bond donors (Lipinski definition) is 1. The van der Waals surface area contributed by atoms with Crippen LogP contribution in [-0.4, -0.2) is 64.3 Å². The number of ether oxygens (including phenoxy) is 3. The zero-order valence-electron chi connectivity index (χ0n) is 18.8. The molecule has 0 radical (unpaired) electrons. The molecule has 1 amide bonds. The number of carbonyl (C=O) groups excluding carboxylic acids is 1. The Kier molecular flexibility index (Phi) is 7.64. The molecular formula is C24H30N2O6S. The Morgan fingerprint density at radius 1 is 1.12 bits per heavy atom. The topological polar surface area (TPSA) is 94.2 Å². The van der Waals surface area contributed by atoms with Crippen molar-refractivity contribution in [3.63, 3.8) is 0 Å². The second-order valence-corrected chi connectivity index (χ2v) is 10.2. The van der Waals surface area contributed by atoms with E-state index in [2.05, 4.69) is 5.32 Å². The van der Waals surface area contributed by atoms with E-state index in [0.29, 0.717) is 55.5 Å². The molecule has 2 aliphatic heterocycles. The van der Waals surface area contributed by atoms with Crippen LogP contribution < -0.4 is 10.1 Å². The normalized spacial score (nSPS) is 19.7. The van der Waals surface area contributed by atoms with Crippen molar-refractivity contribution in [3.8, 4) is 5.75 Å². The molecule has 0 aliphatic carbocycles. The summed E-state index contributed by atoms with van der Waals surface area (Å²) in [6.45, 7) is 4.26. The van der Waals surface area contributed by atoms with Gasteiger partial charge in [-0.1, -0.05) is 18.2 Å². The number of hydrogen-bond acceptors (Lipinski definition) is 6. The number of sulfonamides is 1. The number of anilines is 1. The van der Waals surface area contributed by atoms with Gasteiger partial charge in [0.2, 0.25) is 10.0 Å². The smallest absolute Gasteiger partial charge is 0.256 e.